The Labute approximate surface area is 67.6 Å². The minimum Gasteiger partial charge on any atom is -0.297 e. The molecule has 11 heavy (non-hydrogen) atoms. The highest BCUT2D eigenvalue weighted by Gasteiger charge is 2.52. The Bertz CT molecular complexity index is 150. The van der Waals surface area contributed by atoms with Gasteiger partial charge < -0.3 is 0 Å². The van der Waals surface area contributed by atoms with E-state index >= 15 is 0 Å². The first kappa shape index (κ1) is 7.53. The van der Waals surface area contributed by atoms with Crippen LogP contribution < -0.4 is 0 Å². The van der Waals surface area contributed by atoms with Crippen molar-refractivity contribution in [1.29, 1.82) is 0 Å². The Hall–Kier alpha value is -0.110. The summed E-state index contributed by atoms with van der Waals surface area (Å²) in [5, 5.41) is 0. The summed E-state index contributed by atoms with van der Waals surface area (Å²) in [5.74, 6) is 0. The van der Waals surface area contributed by atoms with Gasteiger partial charge >= 0.3 is 0 Å². The van der Waals surface area contributed by atoms with E-state index in [2.05, 4.69) is 18.2 Å². The normalized spacial score (nSPS) is 31.1. The molecule has 2 aliphatic rings. The molecule has 0 aromatic heterocycles. The van der Waals surface area contributed by atoms with Gasteiger partial charge in [-0.25, -0.2) is 4.39 Å². The van der Waals surface area contributed by atoms with Crippen LogP contribution in [0, 0.1) is 6.42 Å². The van der Waals surface area contributed by atoms with Gasteiger partial charge in [0.05, 0.1) is 0 Å². The fraction of sp³-hybridized carbons (Fsp3) is 0.889. The molecule has 2 heteroatoms. The summed E-state index contributed by atoms with van der Waals surface area (Å²) >= 11 is 0. The Morgan fingerprint density at radius 3 is 2.45 bits per heavy atom. The second kappa shape index (κ2) is 2.44. The minimum atomic E-state index is -0.803. The van der Waals surface area contributed by atoms with E-state index in [1.165, 1.54) is 0 Å². The highest BCUT2D eigenvalue weighted by atomic mass is 19.1. The predicted octanol–water partition coefficient (Wildman–Crippen LogP) is 1.79. The summed E-state index contributed by atoms with van der Waals surface area (Å²) < 4.78 is 13.6. The SMILES string of the molecule is CC[C@@H](N1C[CH]C1)C1(F)CC1. The lowest BCUT2D eigenvalue weighted by atomic mass is 10.0. The molecule has 1 radical (unpaired) electrons. The zero-order valence-electron chi connectivity index (χ0n) is 7.02. The van der Waals surface area contributed by atoms with Crippen LogP contribution in [-0.4, -0.2) is 29.7 Å². The van der Waals surface area contributed by atoms with Gasteiger partial charge in [0.25, 0.3) is 0 Å². The average molecular weight is 156 g/mol. The molecular formula is C9H15FN. The molecular weight excluding hydrogens is 141 g/mol. The van der Waals surface area contributed by atoms with Gasteiger partial charge in [0.15, 0.2) is 0 Å². The van der Waals surface area contributed by atoms with Gasteiger partial charge in [0.2, 0.25) is 0 Å². The third kappa shape index (κ3) is 1.18. The Balaban J connectivity index is 1.94. The van der Waals surface area contributed by atoms with Gasteiger partial charge in [0, 0.05) is 19.1 Å². The van der Waals surface area contributed by atoms with E-state index in [9.17, 15) is 4.39 Å². The van der Waals surface area contributed by atoms with E-state index in [4.69, 9.17) is 0 Å². The zero-order chi connectivity index (χ0) is 7.90. The maximum atomic E-state index is 13.6. The third-order valence-electron chi connectivity index (χ3n) is 2.88. The molecule has 1 saturated carbocycles. The van der Waals surface area contributed by atoms with Gasteiger partial charge in [-0.05, 0) is 25.7 Å². The van der Waals surface area contributed by atoms with Gasteiger partial charge in [-0.1, -0.05) is 6.92 Å². The van der Waals surface area contributed by atoms with Crippen molar-refractivity contribution in [2.45, 2.75) is 37.9 Å². The highest BCUT2D eigenvalue weighted by molar-refractivity contribution is 5.07. The fourth-order valence-electron chi connectivity index (χ4n) is 1.94. The van der Waals surface area contributed by atoms with E-state index in [0.29, 0.717) is 0 Å². The molecule has 1 saturated heterocycles. The van der Waals surface area contributed by atoms with Crippen LogP contribution in [0.4, 0.5) is 4.39 Å². The quantitative estimate of drug-likeness (QED) is 0.602. The van der Waals surface area contributed by atoms with Crippen molar-refractivity contribution < 1.29 is 4.39 Å². The second-order valence-electron chi connectivity index (χ2n) is 3.70. The monoisotopic (exact) mass is 156 g/mol. The first-order chi connectivity index (χ1) is 5.26. The molecule has 1 atom stereocenters. The van der Waals surface area contributed by atoms with Crippen LogP contribution in [0.25, 0.3) is 0 Å². The molecule has 1 heterocycles. The maximum absolute atomic E-state index is 13.6. The summed E-state index contributed by atoms with van der Waals surface area (Å²) in [6, 6.07) is 0.215. The molecule has 2 fully saturated rings. The largest absolute Gasteiger partial charge is 0.297 e. The van der Waals surface area contributed by atoms with Gasteiger partial charge in [-0.15, -0.1) is 0 Å². The fourth-order valence-corrected chi connectivity index (χ4v) is 1.94. The first-order valence-electron chi connectivity index (χ1n) is 4.51. The first-order valence-corrected chi connectivity index (χ1v) is 4.51. The van der Waals surface area contributed by atoms with Crippen molar-refractivity contribution in [2.75, 3.05) is 13.1 Å². The highest BCUT2D eigenvalue weighted by Crippen LogP contribution is 2.46. The molecule has 0 N–H and O–H groups in total. The van der Waals surface area contributed by atoms with Gasteiger partial charge in [-0.2, -0.15) is 0 Å². The van der Waals surface area contributed by atoms with E-state index in [0.717, 1.165) is 32.4 Å². The van der Waals surface area contributed by atoms with Crippen LogP contribution in [0.3, 0.4) is 0 Å². The standard InChI is InChI=1S/C9H15FN/c1-2-8(9(10)4-5-9)11-6-3-7-11/h3,8H,2,4-7H2,1H3/t8-/m1/s1. The predicted molar refractivity (Wildman–Crippen MR) is 43.0 cm³/mol. The summed E-state index contributed by atoms with van der Waals surface area (Å²) in [7, 11) is 0. The van der Waals surface area contributed by atoms with Crippen LogP contribution in [0.5, 0.6) is 0 Å². The summed E-state index contributed by atoms with van der Waals surface area (Å²) in [5.41, 5.74) is -0.803. The lowest BCUT2D eigenvalue weighted by Crippen LogP contribution is -2.50. The number of rotatable bonds is 3. The molecule has 2 rings (SSSR count). The molecule has 63 valence electrons. The summed E-state index contributed by atoms with van der Waals surface area (Å²) in [6.07, 6.45) is 4.75. The van der Waals surface area contributed by atoms with Crippen LogP contribution in [0.2, 0.25) is 0 Å². The third-order valence-corrected chi connectivity index (χ3v) is 2.88. The van der Waals surface area contributed by atoms with Crippen molar-refractivity contribution in [1.82, 2.24) is 4.90 Å². The van der Waals surface area contributed by atoms with E-state index in [1.54, 1.807) is 0 Å². The van der Waals surface area contributed by atoms with Crippen molar-refractivity contribution in [3.8, 4) is 0 Å². The van der Waals surface area contributed by atoms with Crippen LogP contribution in [0.15, 0.2) is 0 Å². The molecule has 1 nitrogen and oxygen atoms in total. The van der Waals surface area contributed by atoms with Gasteiger partial charge in [-0.3, -0.25) is 4.90 Å². The summed E-state index contributed by atoms with van der Waals surface area (Å²) in [4.78, 5) is 2.24. The van der Waals surface area contributed by atoms with Crippen LogP contribution in [-0.2, 0) is 0 Å². The lowest BCUT2D eigenvalue weighted by molar-refractivity contribution is 0.0733. The molecule has 0 aromatic rings. The molecule has 0 amide bonds. The lowest BCUT2D eigenvalue weighted by Gasteiger charge is -2.39. The van der Waals surface area contributed by atoms with Crippen LogP contribution in [0.1, 0.15) is 26.2 Å². The topological polar surface area (TPSA) is 3.24 Å². The molecule has 0 unspecified atom stereocenters. The van der Waals surface area contributed by atoms with E-state index in [-0.39, 0.29) is 6.04 Å². The average Bonchev–Trinajstić information content (AvgIpc) is 2.59. The number of likely N-dealkylation sites (tertiary alicyclic amines) is 1. The summed E-state index contributed by atoms with van der Waals surface area (Å²) in [6.45, 7) is 4.09. The molecule has 0 bridgehead atoms. The van der Waals surface area contributed by atoms with Crippen molar-refractivity contribution in [3.63, 3.8) is 0 Å². The maximum Gasteiger partial charge on any atom is 0.126 e. The van der Waals surface area contributed by atoms with E-state index < -0.39 is 5.67 Å². The van der Waals surface area contributed by atoms with Gasteiger partial charge in [0.1, 0.15) is 5.67 Å². The Kier molecular flexibility index (Phi) is 1.67. The molecule has 0 spiro atoms. The smallest absolute Gasteiger partial charge is 0.126 e. The molecule has 1 aliphatic carbocycles. The number of halogens is 1. The second-order valence-corrected chi connectivity index (χ2v) is 3.70. The zero-order valence-corrected chi connectivity index (χ0v) is 7.02. The van der Waals surface area contributed by atoms with E-state index in [1.807, 2.05) is 0 Å². The number of hydrogen-bond acceptors (Lipinski definition) is 1. The minimum absolute atomic E-state index is 0.215. The number of alkyl halides is 1. The molecule has 0 aromatic carbocycles. The van der Waals surface area contributed by atoms with Crippen molar-refractivity contribution in [3.05, 3.63) is 6.42 Å². The molecule has 1 aliphatic heterocycles. The van der Waals surface area contributed by atoms with Crippen LogP contribution >= 0.6 is 0 Å². The Morgan fingerprint density at radius 1 is 1.55 bits per heavy atom. The number of nitrogens with zero attached hydrogens (tertiary/aromatic N) is 1. The van der Waals surface area contributed by atoms with Crippen molar-refractivity contribution >= 4 is 0 Å². The Morgan fingerprint density at radius 2 is 2.18 bits per heavy atom. The van der Waals surface area contributed by atoms with Crippen molar-refractivity contribution in [2.24, 2.45) is 0 Å². The number of hydrogen-bond donors (Lipinski definition) is 0.